The zero-order chi connectivity index (χ0) is 21.5. The van der Waals surface area contributed by atoms with Crippen LogP contribution in [0.2, 0.25) is 5.02 Å². The van der Waals surface area contributed by atoms with Crippen molar-refractivity contribution in [1.29, 1.82) is 5.26 Å². The summed E-state index contributed by atoms with van der Waals surface area (Å²) in [4.78, 5) is 0. The lowest BCUT2D eigenvalue weighted by molar-refractivity contribution is -0.142. The molecule has 150 valence electrons. The number of nitriles is 1. The first kappa shape index (κ1) is 19.7. The third-order valence-electron chi connectivity index (χ3n) is 4.25. The summed E-state index contributed by atoms with van der Waals surface area (Å²) in [7, 11) is 0. The Morgan fingerprint density at radius 2 is 1.87 bits per heavy atom. The molecular weight excluding hydrogens is 424 g/mol. The predicted molar refractivity (Wildman–Crippen MR) is 99.2 cm³/mol. The second kappa shape index (κ2) is 7.31. The van der Waals surface area contributed by atoms with Crippen LogP contribution in [0, 0.1) is 17.1 Å². The van der Waals surface area contributed by atoms with E-state index in [1.165, 1.54) is 36.4 Å². The molecule has 0 amide bonds. The molecular formula is C20H9ClF4N4O. The van der Waals surface area contributed by atoms with E-state index in [9.17, 15) is 17.6 Å². The molecule has 0 saturated heterocycles. The first-order valence-electron chi connectivity index (χ1n) is 8.37. The number of hydrogen-bond donors (Lipinski definition) is 0. The summed E-state index contributed by atoms with van der Waals surface area (Å²) >= 11 is 5.99. The topological polar surface area (TPSA) is 67.6 Å². The van der Waals surface area contributed by atoms with Gasteiger partial charge in [0.25, 0.3) is 0 Å². The van der Waals surface area contributed by atoms with Gasteiger partial charge < -0.3 is 4.52 Å². The normalized spacial score (nSPS) is 11.5. The van der Waals surface area contributed by atoms with Crippen molar-refractivity contribution in [2.24, 2.45) is 0 Å². The molecule has 0 saturated carbocycles. The molecule has 4 rings (SSSR count). The van der Waals surface area contributed by atoms with Crippen molar-refractivity contribution in [3.63, 3.8) is 0 Å². The Labute approximate surface area is 171 Å². The molecule has 2 aromatic carbocycles. The smallest absolute Gasteiger partial charge is 0.356 e. The zero-order valence-electron chi connectivity index (χ0n) is 14.8. The Kier molecular flexibility index (Phi) is 4.79. The van der Waals surface area contributed by atoms with E-state index in [1.54, 1.807) is 0 Å². The second-order valence-electron chi connectivity index (χ2n) is 6.15. The van der Waals surface area contributed by atoms with E-state index < -0.39 is 23.3 Å². The molecule has 2 aromatic heterocycles. The minimum absolute atomic E-state index is 0.0370. The van der Waals surface area contributed by atoms with Crippen LogP contribution in [0.15, 0.2) is 59.3 Å². The lowest BCUT2D eigenvalue weighted by Crippen LogP contribution is -2.14. The van der Waals surface area contributed by atoms with E-state index in [4.69, 9.17) is 21.4 Å². The Morgan fingerprint density at radius 3 is 2.57 bits per heavy atom. The van der Waals surface area contributed by atoms with Crippen molar-refractivity contribution < 1.29 is 22.1 Å². The molecule has 0 aliphatic rings. The summed E-state index contributed by atoms with van der Waals surface area (Å²) in [6, 6.07) is 12.6. The highest BCUT2D eigenvalue weighted by Gasteiger charge is 2.40. The average Bonchev–Trinajstić information content (AvgIpc) is 3.35. The lowest BCUT2D eigenvalue weighted by atomic mass is 10.1. The van der Waals surface area contributed by atoms with Gasteiger partial charge in [0.2, 0.25) is 0 Å². The average molecular weight is 433 g/mol. The zero-order valence-corrected chi connectivity index (χ0v) is 15.5. The number of nitrogens with zero attached hydrogens (tertiary/aromatic N) is 4. The van der Waals surface area contributed by atoms with Gasteiger partial charge in [0.15, 0.2) is 11.5 Å². The summed E-state index contributed by atoms with van der Waals surface area (Å²) in [6.07, 6.45) is -3.84. The lowest BCUT2D eigenvalue weighted by Gasteiger charge is -2.12. The van der Waals surface area contributed by atoms with Gasteiger partial charge in [-0.2, -0.15) is 23.5 Å². The van der Waals surface area contributed by atoms with Gasteiger partial charge in [-0.1, -0.05) is 28.9 Å². The third kappa shape index (κ3) is 3.42. The van der Waals surface area contributed by atoms with Crippen molar-refractivity contribution in [1.82, 2.24) is 14.9 Å². The van der Waals surface area contributed by atoms with Crippen LogP contribution >= 0.6 is 11.6 Å². The Hall–Kier alpha value is -3.64. The van der Waals surface area contributed by atoms with Crippen molar-refractivity contribution in [3.8, 4) is 34.3 Å². The monoisotopic (exact) mass is 432 g/mol. The van der Waals surface area contributed by atoms with Crippen LogP contribution in [0.1, 0.15) is 11.3 Å². The number of hydrogen-bond acceptors (Lipinski definition) is 4. The molecule has 0 radical (unpaired) electrons. The largest absolute Gasteiger partial charge is 0.434 e. The molecule has 0 unspecified atom stereocenters. The second-order valence-corrected chi connectivity index (χ2v) is 6.56. The molecule has 4 aromatic rings. The molecule has 0 spiro atoms. The van der Waals surface area contributed by atoms with Crippen molar-refractivity contribution in [3.05, 3.63) is 76.8 Å². The van der Waals surface area contributed by atoms with Gasteiger partial charge >= 0.3 is 6.18 Å². The molecule has 0 aliphatic carbocycles. The maximum absolute atomic E-state index is 14.1. The van der Waals surface area contributed by atoms with Crippen LogP contribution in [0.4, 0.5) is 17.6 Å². The van der Waals surface area contributed by atoms with Gasteiger partial charge in [-0.3, -0.25) is 0 Å². The highest BCUT2D eigenvalue weighted by Crippen LogP contribution is 2.40. The van der Waals surface area contributed by atoms with Gasteiger partial charge in [-0.15, -0.1) is 0 Å². The Bertz CT molecular complexity index is 1270. The molecule has 2 heterocycles. The van der Waals surface area contributed by atoms with Crippen LogP contribution in [0.25, 0.3) is 28.3 Å². The van der Waals surface area contributed by atoms with Gasteiger partial charge in [-0.05, 0) is 30.3 Å². The molecule has 0 fully saturated rings. The molecule has 10 heteroatoms. The van der Waals surface area contributed by atoms with Crippen LogP contribution in [-0.4, -0.2) is 14.9 Å². The highest BCUT2D eigenvalue weighted by atomic mass is 35.5. The maximum Gasteiger partial charge on any atom is 0.434 e. The quantitative estimate of drug-likeness (QED) is 0.379. The van der Waals surface area contributed by atoms with Crippen LogP contribution < -0.4 is 0 Å². The Morgan fingerprint density at radius 1 is 1.10 bits per heavy atom. The summed E-state index contributed by atoms with van der Waals surface area (Å²) in [5, 5.41) is 16.5. The van der Waals surface area contributed by atoms with E-state index in [-0.39, 0.29) is 33.3 Å². The first-order chi connectivity index (χ1) is 14.3. The maximum atomic E-state index is 14.1. The summed E-state index contributed by atoms with van der Waals surface area (Å²) in [6.45, 7) is 0. The SMILES string of the molecule is N#Cc1cccc(-n2ncc(-c3cc(-c4c(F)cccc4Cl)no3)c2C(F)(F)F)c1. The molecule has 0 bridgehead atoms. The molecule has 0 aliphatic heterocycles. The molecule has 5 nitrogen and oxygen atoms in total. The number of rotatable bonds is 3. The number of aromatic nitrogens is 3. The summed E-state index contributed by atoms with van der Waals surface area (Å²) in [5.41, 5.74) is -1.44. The van der Waals surface area contributed by atoms with Gasteiger partial charge in [0.1, 0.15) is 11.5 Å². The fourth-order valence-electron chi connectivity index (χ4n) is 2.97. The summed E-state index contributed by atoms with van der Waals surface area (Å²) < 4.78 is 61.5. The van der Waals surface area contributed by atoms with E-state index in [1.807, 2.05) is 6.07 Å². The van der Waals surface area contributed by atoms with Crippen molar-refractivity contribution in [2.45, 2.75) is 6.18 Å². The first-order valence-corrected chi connectivity index (χ1v) is 8.74. The van der Waals surface area contributed by atoms with Crippen LogP contribution in [-0.2, 0) is 6.18 Å². The highest BCUT2D eigenvalue weighted by molar-refractivity contribution is 6.33. The molecule has 0 atom stereocenters. The standard InChI is InChI=1S/C20H9ClF4N4O/c21-14-5-2-6-15(22)18(14)16-8-17(30-28-16)13-10-27-29(19(13)20(23,24)25)12-4-1-3-11(7-12)9-26/h1-8,10H. The van der Waals surface area contributed by atoms with E-state index >= 15 is 0 Å². The minimum Gasteiger partial charge on any atom is -0.356 e. The van der Waals surface area contributed by atoms with Gasteiger partial charge in [0, 0.05) is 6.07 Å². The van der Waals surface area contributed by atoms with Crippen LogP contribution in [0.5, 0.6) is 0 Å². The molecule has 30 heavy (non-hydrogen) atoms. The fourth-order valence-corrected chi connectivity index (χ4v) is 3.23. The van der Waals surface area contributed by atoms with Gasteiger partial charge in [0.05, 0.1) is 39.7 Å². The van der Waals surface area contributed by atoms with Crippen molar-refractivity contribution >= 4 is 11.6 Å². The number of benzene rings is 2. The van der Waals surface area contributed by atoms with E-state index in [0.717, 1.165) is 18.3 Å². The number of halogens is 5. The number of alkyl halides is 3. The fraction of sp³-hybridized carbons (Fsp3) is 0.0500. The third-order valence-corrected chi connectivity index (χ3v) is 4.57. The molecule has 0 N–H and O–H groups in total. The summed E-state index contributed by atoms with van der Waals surface area (Å²) in [5.74, 6) is -0.957. The van der Waals surface area contributed by atoms with Crippen molar-refractivity contribution in [2.75, 3.05) is 0 Å². The minimum atomic E-state index is -4.81. The van der Waals surface area contributed by atoms with Gasteiger partial charge in [-0.25, -0.2) is 9.07 Å². The van der Waals surface area contributed by atoms with E-state index in [2.05, 4.69) is 10.3 Å². The van der Waals surface area contributed by atoms with Crippen LogP contribution in [0.3, 0.4) is 0 Å². The van der Waals surface area contributed by atoms with E-state index in [0.29, 0.717) is 4.68 Å². The predicted octanol–water partition coefficient (Wildman–Crippen LogP) is 5.88. The Balaban J connectivity index is 1.86.